The molecule has 0 saturated heterocycles. The van der Waals surface area contributed by atoms with Gasteiger partial charge in [0.05, 0.1) is 4.90 Å². The molecule has 0 fully saturated rings. The molecule has 5 heteroatoms. The zero-order valence-electron chi connectivity index (χ0n) is 8.60. The predicted molar refractivity (Wildman–Crippen MR) is 65.1 cm³/mol. The maximum Gasteiger partial charge on any atom is 0.123 e. The lowest BCUT2D eigenvalue weighted by atomic mass is 10.4. The Morgan fingerprint density at radius 1 is 0.824 bits per heavy atom. The molecule has 0 aliphatic heterocycles. The summed E-state index contributed by atoms with van der Waals surface area (Å²) in [5, 5.41) is 0. The standard InChI is InChI=1S/C12H8F2OS2/c13-9-1-5-11(6-2-9)16-17(15)12-7-3-10(14)4-8-12/h1-8H. The van der Waals surface area contributed by atoms with Crippen molar-refractivity contribution in [1.29, 1.82) is 0 Å². The maximum atomic E-state index is 12.7. The normalized spacial score (nSPS) is 12.4. The topological polar surface area (TPSA) is 17.1 Å². The van der Waals surface area contributed by atoms with E-state index in [0.717, 1.165) is 10.8 Å². The van der Waals surface area contributed by atoms with Crippen molar-refractivity contribution in [3.05, 3.63) is 60.2 Å². The molecule has 2 aromatic rings. The molecule has 0 bridgehead atoms. The molecule has 0 radical (unpaired) electrons. The second-order valence-corrected chi connectivity index (χ2v) is 6.21. The number of benzene rings is 2. The van der Waals surface area contributed by atoms with E-state index in [9.17, 15) is 13.0 Å². The Hall–Kier alpha value is -1.20. The number of hydrogen-bond acceptors (Lipinski definition) is 2. The summed E-state index contributed by atoms with van der Waals surface area (Å²) in [7, 11) is -0.227. The first-order valence-corrected chi connectivity index (χ1v) is 7.25. The van der Waals surface area contributed by atoms with Gasteiger partial charge in [-0.15, -0.1) is 0 Å². The first-order valence-electron chi connectivity index (χ1n) is 4.76. The number of rotatable bonds is 3. The average Bonchev–Trinajstić information content (AvgIpc) is 2.33. The molecule has 88 valence electrons. The molecule has 0 aromatic heterocycles. The number of hydrogen-bond donors (Lipinski definition) is 0. The lowest BCUT2D eigenvalue weighted by Crippen LogP contribution is -1.86. The second-order valence-electron chi connectivity index (χ2n) is 3.23. The van der Waals surface area contributed by atoms with Gasteiger partial charge in [0.25, 0.3) is 0 Å². The van der Waals surface area contributed by atoms with Gasteiger partial charge in [-0.3, -0.25) is 0 Å². The van der Waals surface area contributed by atoms with Crippen molar-refractivity contribution in [1.82, 2.24) is 0 Å². The van der Waals surface area contributed by atoms with E-state index in [0.29, 0.717) is 9.79 Å². The van der Waals surface area contributed by atoms with Crippen LogP contribution in [0.25, 0.3) is 0 Å². The predicted octanol–water partition coefficient (Wildman–Crippen LogP) is 3.78. The summed E-state index contributed by atoms with van der Waals surface area (Å²) >= 11 is 0. The molecule has 0 amide bonds. The maximum absolute atomic E-state index is 12.7. The van der Waals surface area contributed by atoms with E-state index in [4.69, 9.17) is 0 Å². The van der Waals surface area contributed by atoms with Crippen LogP contribution in [0.3, 0.4) is 0 Å². The summed E-state index contributed by atoms with van der Waals surface area (Å²) in [5.41, 5.74) is 0. The Labute approximate surface area is 104 Å². The summed E-state index contributed by atoms with van der Waals surface area (Å²) in [5.74, 6) is -0.695. The van der Waals surface area contributed by atoms with Crippen LogP contribution in [0.15, 0.2) is 58.3 Å². The Morgan fingerprint density at radius 2 is 1.29 bits per heavy atom. The van der Waals surface area contributed by atoms with Gasteiger partial charge in [0.15, 0.2) is 0 Å². The lowest BCUT2D eigenvalue weighted by Gasteiger charge is -2.01. The molecule has 0 aliphatic carbocycles. The molecular formula is C12H8F2OS2. The van der Waals surface area contributed by atoms with E-state index < -0.39 is 9.83 Å². The van der Waals surface area contributed by atoms with E-state index in [-0.39, 0.29) is 11.6 Å². The Kier molecular flexibility index (Phi) is 3.91. The minimum atomic E-state index is -1.32. The van der Waals surface area contributed by atoms with Gasteiger partial charge in [0, 0.05) is 4.90 Å². The molecule has 0 spiro atoms. The summed E-state index contributed by atoms with van der Waals surface area (Å²) < 4.78 is 37.2. The number of halogens is 2. The van der Waals surface area contributed by atoms with E-state index in [1.165, 1.54) is 36.4 Å². The van der Waals surface area contributed by atoms with Crippen molar-refractivity contribution in [2.45, 2.75) is 9.79 Å². The first-order chi connectivity index (χ1) is 8.15. The lowest BCUT2D eigenvalue weighted by molar-refractivity contribution is 0.626. The smallest absolute Gasteiger partial charge is 0.123 e. The monoisotopic (exact) mass is 270 g/mol. The minimum absolute atomic E-state index is 0.332. The molecule has 0 saturated carbocycles. The summed E-state index contributed by atoms with van der Waals surface area (Å²) in [4.78, 5) is 1.23. The highest BCUT2D eigenvalue weighted by molar-refractivity contribution is 8.69. The summed E-state index contributed by atoms with van der Waals surface area (Å²) in [6, 6.07) is 11.2. The summed E-state index contributed by atoms with van der Waals surface area (Å²) in [6.07, 6.45) is 0. The highest BCUT2D eigenvalue weighted by Gasteiger charge is 2.06. The van der Waals surface area contributed by atoms with Crippen molar-refractivity contribution < 1.29 is 13.0 Å². The van der Waals surface area contributed by atoms with Gasteiger partial charge in [-0.2, -0.15) is 0 Å². The van der Waals surface area contributed by atoms with Crippen LogP contribution in [0.2, 0.25) is 0 Å². The van der Waals surface area contributed by atoms with Crippen LogP contribution in [0.5, 0.6) is 0 Å². The molecule has 17 heavy (non-hydrogen) atoms. The minimum Gasteiger partial charge on any atom is -0.242 e. The molecule has 0 heterocycles. The zero-order chi connectivity index (χ0) is 12.3. The first kappa shape index (κ1) is 12.3. The third-order valence-electron chi connectivity index (χ3n) is 1.99. The largest absolute Gasteiger partial charge is 0.242 e. The van der Waals surface area contributed by atoms with Crippen LogP contribution in [-0.2, 0) is 9.83 Å². The van der Waals surface area contributed by atoms with Crippen LogP contribution in [0.1, 0.15) is 0 Å². The fourth-order valence-electron chi connectivity index (χ4n) is 1.17. The Bertz CT molecular complexity index is 523. The molecule has 0 aliphatic rings. The third-order valence-corrected chi connectivity index (χ3v) is 4.87. The molecule has 1 atom stereocenters. The molecule has 1 nitrogen and oxygen atoms in total. The molecule has 0 N–H and O–H groups in total. The van der Waals surface area contributed by atoms with Gasteiger partial charge in [0.2, 0.25) is 0 Å². The zero-order valence-corrected chi connectivity index (χ0v) is 10.2. The van der Waals surface area contributed by atoms with Gasteiger partial charge in [0.1, 0.15) is 21.5 Å². The fourth-order valence-corrected chi connectivity index (χ4v) is 3.53. The van der Waals surface area contributed by atoms with Crippen molar-refractivity contribution >= 4 is 20.6 Å². The molecular weight excluding hydrogens is 262 g/mol. The molecule has 1 unspecified atom stereocenters. The van der Waals surface area contributed by atoms with Crippen LogP contribution < -0.4 is 0 Å². The Balaban J connectivity index is 2.11. The van der Waals surface area contributed by atoms with Crippen LogP contribution >= 0.6 is 10.8 Å². The highest BCUT2D eigenvalue weighted by atomic mass is 33.1. The van der Waals surface area contributed by atoms with Gasteiger partial charge < -0.3 is 0 Å². The summed E-state index contributed by atoms with van der Waals surface area (Å²) in [6.45, 7) is 0. The third kappa shape index (κ3) is 3.38. The van der Waals surface area contributed by atoms with E-state index >= 15 is 0 Å². The van der Waals surface area contributed by atoms with Gasteiger partial charge in [-0.05, 0) is 59.3 Å². The second kappa shape index (κ2) is 5.42. The van der Waals surface area contributed by atoms with E-state index in [1.54, 1.807) is 12.1 Å². The van der Waals surface area contributed by atoms with Gasteiger partial charge in [-0.1, -0.05) is 0 Å². The fraction of sp³-hybridized carbons (Fsp3) is 0. The van der Waals surface area contributed by atoms with Crippen LogP contribution in [-0.4, -0.2) is 4.21 Å². The SMILES string of the molecule is O=S(Sc1ccc(F)cc1)c1ccc(F)cc1. The van der Waals surface area contributed by atoms with Crippen molar-refractivity contribution in [2.24, 2.45) is 0 Å². The highest BCUT2D eigenvalue weighted by Crippen LogP contribution is 2.27. The van der Waals surface area contributed by atoms with Gasteiger partial charge >= 0.3 is 0 Å². The quantitative estimate of drug-likeness (QED) is 0.790. The molecule has 2 aromatic carbocycles. The van der Waals surface area contributed by atoms with Crippen molar-refractivity contribution in [3.8, 4) is 0 Å². The Morgan fingerprint density at radius 3 is 1.82 bits per heavy atom. The van der Waals surface area contributed by atoms with E-state index in [1.807, 2.05) is 0 Å². The average molecular weight is 270 g/mol. The van der Waals surface area contributed by atoms with Crippen molar-refractivity contribution in [3.63, 3.8) is 0 Å². The van der Waals surface area contributed by atoms with Gasteiger partial charge in [-0.25, -0.2) is 13.0 Å². The molecule has 2 rings (SSSR count). The van der Waals surface area contributed by atoms with E-state index in [2.05, 4.69) is 0 Å². The van der Waals surface area contributed by atoms with Crippen molar-refractivity contribution in [2.75, 3.05) is 0 Å². The van der Waals surface area contributed by atoms with Crippen LogP contribution in [0.4, 0.5) is 8.78 Å². The van der Waals surface area contributed by atoms with Crippen LogP contribution in [0, 0.1) is 11.6 Å².